The lowest BCUT2D eigenvalue weighted by molar-refractivity contribution is -0.124. The number of rotatable bonds is 10. The lowest BCUT2D eigenvalue weighted by Gasteiger charge is -2.14. The predicted octanol–water partition coefficient (Wildman–Crippen LogP) is 4.86. The second-order valence-electron chi connectivity index (χ2n) is 6.19. The zero-order chi connectivity index (χ0) is 21.2. The van der Waals surface area contributed by atoms with Gasteiger partial charge in [-0.1, -0.05) is 23.9 Å². The molecule has 2 rings (SSSR count). The van der Waals surface area contributed by atoms with Crippen LogP contribution in [0.4, 0.5) is 5.69 Å². The molecule has 1 amide bonds. The Morgan fingerprint density at radius 2 is 2.03 bits per heavy atom. The average Bonchev–Trinajstić information content (AvgIpc) is 2.74. The molecule has 0 fully saturated rings. The van der Waals surface area contributed by atoms with Crippen molar-refractivity contribution in [1.82, 2.24) is 4.98 Å². The smallest absolute Gasteiger partial charge is 0.253 e. The summed E-state index contributed by atoms with van der Waals surface area (Å²) < 4.78 is 16.1. The van der Waals surface area contributed by atoms with Gasteiger partial charge in [0.15, 0.2) is 0 Å². The van der Waals surface area contributed by atoms with Crippen LogP contribution in [0.15, 0.2) is 41.8 Å². The molecule has 2 aromatic rings. The lowest BCUT2D eigenvalue weighted by Crippen LogP contribution is -2.26. The van der Waals surface area contributed by atoms with Crippen molar-refractivity contribution in [3.05, 3.63) is 47.5 Å². The van der Waals surface area contributed by atoms with E-state index in [4.69, 9.17) is 19.2 Å². The summed E-state index contributed by atoms with van der Waals surface area (Å²) >= 11 is 1.60. The standard InChI is InChI=1S/C22H28N2O4S/c1-6-12-29-21(7-2)19-14-20(28-11-10-26-4)17-13-16(8-9-18(17)24-19)23-22(25)15(3)27-5/h6-9,12-15H,10-11H2,1-5H3,(H,23,25)/b12-6-,21-7-. The Bertz CT molecular complexity index is 896. The number of anilines is 1. The van der Waals surface area contributed by atoms with Crippen LogP contribution in [0.5, 0.6) is 5.75 Å². The number of nitrogens with one attached hydrogen (secondary N) is 1. The number of fused-ring (bicyclic) bond motifs is 1. The van der Waals surface area contributed by atoms with Gasteiger partial charge in [0.1, 0.15) is 18.5 Å². The summed E-state index contributed by atoms with van der Waals surface area (Å²) in [4.78, 5) is 18.0. The van der Waals surface area contributed by atoms with Crippen molar-refractivity contribution in [3.8, 4) is 5.75 Å². The van der Waals surface area contributed by atoms with E-state index in [9.17, 15) is 4.79 Å². The largest absolute Gasteiger partial charge is 0.490 e. The first-order chi connectivity index (χ1) is 14.0. The summed E-state index contributed by atoms with van der Waals surface area (Å²) in [6.45, 7) is 6.56. The zero-order valence-electron chi connectivity index (χ0n) is 17.5. The van der Waals surface area contributed by atoms with Crippen molar-refractivity contribution in [2.24, 2.45) is 0 Å². The number of methoxy groups -OCH3 is 2. The van der Waals surface area contributed by atoms with Gasteiger partial charge in [0.2, 0.25) is 0 Å². The number of aromatic nitrogens is 1. The lowest BCUT2D eigenvalue weighted by atomic mass is 10.1. The van der Waals surface area contributed by atoms with Crippen molar-refractivity contribution in [1.29, 1.82) is 0 Å². The molecule has 1 atom stereocenters. The minimum Gasteiger partial charge on any atom is -0.490 e. The summed E-state index contributed by atoms with van der Waals surface area (Å²) in [5.74, 6) is 0.482. The summed E-state index contributed by atoms with van der Waals surface area (Å²) in [6.07, 6.45) is 3.48. The molecule has 1 unspecified atom stereocenters. The zero-order valence-corrected chi connectivity index (χ0v) is 18.3. The molecule has 0 saturated heterocycles. The minimum absolute atomic E-state index is 0.211. The molecular weight excluding hydrogens is 388 g/mol. The van der Waals surface area contributed by atoms with E-state index >= 15 is 0 Å². The Labute approximate surface area is 176 Å². The van der Waals surface area contributed by atoms with Gasteiger partial charge >= 0.3 is 0 Å². The average molecular weight is 417 g/mol. The molecule has 156 valence electrons. The van der Waals surface area contributed by atoms with E-state index in [2.05, 4.69) is 5.32 Å². The van der Waals surface area contributed by atoms with Crippen LogP contribution in [0, 0.1) is 0 Å². The number of allylic oxidation sites excluding steroid dienone is 2. The molecule has 1 aromatic heterocycles. The number of amides is 1. The van der Waals surface area contributed by atoms with E-state index in [1.165, 1.54) is 7.11 Å². The molecule has 0 radical (unpaired) electrons. The molecule has 29 heavy (non-hydrogen) atoms. The molecule has 7 heteroatoms. The van der Waals surface area contributed by atoms with Gasteiger partial charge in [-0.15, -0.1) is 0 Å². The molecule has 0 saturated carbocycles. The van der Waals surface area contributed by atoms with Gasteiger partial charge in [-0.05, 0) is 44.4 Å². The maximum Gasteiger partial charge on any atom is 0.253 e. The van der Waals surface area contributed by atoms with Gasteiger partial charge < -0.3 is 19.5 Å². The Morgan fingerprint density at radius 3 is 2.69 bits per heavy atom. The number of hydrogen-bond acceptors (Lipinski definition) is 6. The van der Waals surface area contributed by atoms with Crippen LogP contribution in [-0.4, -0.2) is 44.4 Å². The predicted molar refractivity (Wildman–Crippen MR) is 120 cm³/mol. The van der Waals surface area contributed by atoms with Gasteiger partial charge in [-0.2, -0.15) is 0 Å². The quantitative estimate of drug-likeness (QED) is 0.558. The number of benzene rings is 1. The van der Waals surface area contributed by atoms with Crippen molar-refractivity contribution in [2.45, 2.75) is 26.9 Å². The molecule has 6 nitrogen and oxygen atoms in total. The molecule has 1 aromatic carbocycles. The second kappa shape index (κ2) is 11.6. The topological polar surface area (TPSA) is 69.7 Å². The van der Waals surface area contributed by atoms with E-state index in [1.807, 2.05) is 55.7 Å². The maximum atomic E-state index is 12.1. The molecular formula is C22H28N2O4S. The molecule has 0 aliphatic carbocycles. The highest BCUT2D eigenvalue weighted by molar-refractivity contribution is 8.10. The third-order valence-electron chi connectivity index (χ3n) is 4.15. The Balaban J connectivity index is 2.46. The minimum atomic E-state index is -0.537. The monoisotopic (exact) mass is 416 g/mol. The molecule has 1 heterocycles. The van der Waals surface area contributed by atoms with Crippen LogP contribution in [0.2, 0.25) is 0 Å². The SMILES string of the molecule is C/C=C\S/C(=C\C)c1cc(OCCOC)c2cc(NC(=O)C(C)OC)ccc2n1. The Kier molecular flexibility index (Phi) is 9.18. The summed E-state index contributed by atoms with van der Waals surface area (Å²) in [7, 11) is 3.14. The highest BCUT2D eigenvalue weighted by Gasteiger charge is 2.14. The number of carbonyl (C=O) groups is 1. The van der Waals surface area contributed by atoms with Crippen molar-refractivity contribution >= 4 is 39.2 Å². The van der Waals surface area contributed by atoms with Crippen molar-refractivity contribution in [2.75, 3.05) is 32.8 Å². The van der Waals surface area contributed by atoms with Crippen LogP contribution in [-0.2, 0) is 14.3 Å². The second-order valence-corrected chi connectivity index (χ2v) is 7.13. The summed E-state index contributed by atoms with van der Waals surface area (Å²) in [5.41, 5.74) is 2.28. The van der Waals surface area contributed by atoms with E-state index in [0.717, 1.165) is 21.5 Å². The van der Waals surface area contributed by atoms with Gasteiger partial charge in [0, 0.05) is 36.3 Å². The fraction of sp³-hybridized carbons (Fsp3) is 0.364. The van der Waals surface area contributed by atoms with Gasteiger partial charge in [0.05, 0.1) is 17.8 Å². The van der Waals surface area contributed by atoms with Crippen LogP contribution < -0.4 is 10.1 Å². The molecule has 0 aliphatic heterocycles. The molecule has 1 N–H and O–H groups in total. The number of hydrogen-bond donors (Lipinski definition) is 1. The molecule has 0 spiro atoms. The van der Waals surface area contributed by atoms with Crippen molar-refractivity contribution in [3.63, 3.8) is 0 Å². The normalized spacial score (nSPS) is 13.1. The number of ether oxygens (including phenoxy) is 3. The number of pyridine rings is 1. The van der Waals surface area contributed by atoms with Crippen LogP contribution in [0.1, 0.15) is 26.5 Å². The first-order valence-electron chi connectivity index (χ1n) is 9.38. The van der Waals surface area contributed by atoms with E-state index in [1.54, 1.807) is 25.8 Å². The fourth-order valence-corrected chi connectivity index (χ4v) is 3.17. The van der Waals surface area contributed by atoms with Crippen LogP contribution in [0.3, 0.4) is 0 Å². The summed E-state index contributed by atoms with van der Waals surface area (Å²) in [6, 6.07) is 7.49. The van der Waals surface area contributed by atoms with E-state index in [0.29, 0.717) is 24.7 Å². The Hall–Kier alpha value is -2.35. The van der Waals surface area contributed by atoms with Crippen LogP contribution in [0.25, 0.3) is 15.8 Å². The van der Waals surface area contributed by atoms with Gasteiger partial charge in [-0.3, -0.25) is 4.79 Å². The highest BCUT2D eigenvalue weighted by Crippen LogP contribution is 2.34. The highest BCUT2D eigenvalue weighted by atomic mass is 32.2. The first-order valence-corrected chi connectivity index (χ1v) is 10.3. The number of carbonyl (C=O) groups excluding carboxylic acids is 1. The summed E-state index contributed by atoms with van der Waals surface area (Å²) in [5, 5.41) is 5.69. The molecule has 0 aliphatic rings. The maximum absolute atomic E-state index is 12.1. The van der Waals surface area contributed by atoms with E-state index in [-0.39, 0.29) is 5.91 Å². The van der Waals surface area contributed by atoms with Gasteiger partial charge in [0.25, 0.3) is 5.91 Å². The fourth-order valence-electron chi connectivity index (χ4n) is 2.52. The third-order valence-corrected chi connectivity index (χ3v) is 5.26. The Morgan fingerprint density at radius 1 is 1.24 bits per heavy atom. The van der Waals surface area contributed by atoms with Crippen LogP contribution >= 0.6 is 11.8 Å². The molecule has 0 bridgehead atoms. The number of thioether (sulfide) groups is 1. The van der Waals surface area contributed by atoms with Crippen molar-refractivity contribution < 1.29 is 19.0 Å². The first kappa shape index (κ1) is 22.9. The third kappa shape index (κ3) is 6.32. The van der Waals surface area contributed by atoms with Gasteiger partial charge in [-0.25, -0.2) is 4.98 Å². The number of nitrogens with zero attached hydrogens (tertiary/aromatic N) is 1. The van der Waals surface area contributed by atoms with E-state index < -0.39 is 6.10 Å².